The minimum absolute atomic E-state index is 0.222. The first kappa shape index (κ1) is 12.8. The summed E-state index contributed by atoms with van der Waals surface area (Å²) in [7, 11) is 1.94. The molecule has 20 heavy (non-hydrogen) atoms. The Balaban J connectivity index is 1.74. The smallest absolute Gasteiger partial charge is 0.160 e. The van der Waals surface area contributed by atoms with Crippen molar-refractivity contribution in [1.82, 2.24) is 29.7 Å². The van der Waals surface area contributed by atoms with Gasteiger partial charge in [-0.1, -0.05) is 6.07 Å². The molecular weight excluding hydrogens is 252 g/mol. The van der Waals surface area contributed by atoms with Crippen LogP contribution in [-0.2, 0) is 13.6 Å². The first-order valence-electron chi connectivity index (χ1n) is 6.67. The molecule has 3 rings (SSSR count). The molecule has 3 heterocycles. The zero-order valence-electron chi connectivity index (χ0n) is 11.9. The highest BCUT2D eigenvalue weighted by molar-refractivity contribution is 5.37. The highest BCUT2D eigenvalue weighted by Gasteiger charge is 2.12. The molecular formula is C14H18N6. The highest BCUT2D eigenvalue weighted by atomic mass is 15.3. The van der Waals surface area contributed by atoms with Crippen LogP contribution in [0.5, 0.6) is 0 Å². The lowest BCUT2D eigenvalue weighted by atomic mass is 10.1. The number of pyridine rings is 1. The van der Waals surface area contributed by atoms with Crippen LogP contribution < -0.4 is 5.32 Å². The van der Waals surface area contributed by atoms with Crippen LogP contribution in [0.15, 0.2) is 30.6 Å². The van der Waals surface area contributed by atoms with Crippen molar-refractivity contribution in [3.63, 3.8) is 0 Å². The summed E-state index contributed by atoms with van der Waals surface area (Å²) < 4.78 is 3.84. The summed E-state index contributed by atoms with van der Waals surface area (Å²) in [5, 5.41) is 16.2. The third-order valence-electron chi connectivity index (χ3n) is 3.47. The van der Waals surface area contributed by atoms with E-state index in [-0.39, 0.29) is 6.04 Å². The maximum Gasteiger partial charge on any atom is 0.160 e. The summed E-state index contributed by atoms with van der Waals surface area (Å²) >= 11 is 0. The minimum atomic E-state index is 0.222. The van der Waals surface area contributed by atoms with Gasteiger partial charge in [0.25, 0.3) is 0 Å². The molecule has 0 bridgehead atoms. The molecule has 6 heteroatoms. The predicted molar refractivity (Wildman–Crippen MR) is 76.2 cm³/mol. The van der Waals surface area contributed by atoms with Gasteiger partial charge in [-0.2, -0.15) is 5.10 Å². The third kappa shape index (κ3) is 2.30. The van der Waals surface area contributed by atoms with Gasteiger partial charge in [0.2, 0.25) is 0 Å². The van der Waals surface area contributed by atoms with Crippen molar-refractivity contribution in [3.8, 4) is 0 Å². The molecule has 0 saturated carbocycles. The van der Waals surface area contributed by atoms with Crippen LogP contribution in [-0.4, -0.2) is 24.4 Å². The van der Waals surface area contributed by atoms with Crippen LogP contribution in [0.2, 0.25) is 0 Å². The lowest BCUT2D eigenvalue weighted by Gasteiger charge is -2.12. The Labute approximate surface area is 117 Å². The van der Waals surface area contributed by atoms with E-state index in [4.69, 9.17) is 0 Å². The van der Waals surface area contributed by atoms with E-state index in [0.717, 1.165) is 17.2 Å². The zero-order valence-corrected chi connectivity index (χ0v) is 11.9. The lowest BCUT2D eigenvalue weighted by molar-refractivity contribution is 0.554. The second-order valence-corrected chi connectivity index (χ2v) is 4.99. The Hall–Kier alpha value is -2.21. The van der Waals surface area contributed by atoms with Crippen molar-refractivity contribution in [2.75, 3.05) is 0 Å². The van der Waals surface area contributed by atoms with Crippen molar-refractivity contribution >= 4 is 5.65 Å². The maximum absolute atomic E-state index is 4.37. The Bertz CT molecular complexity index is 726. The molecule has 6 nitrogen and oxygen atoms in total. The van der Waals surface area contributed by atoms with Gasteiger partial charge in [0.1, 0.15) is 0 Å². The zero-order chi connectivity index (χ0) is 14.1. The summed E-state index contributed by atoms with van der Waals surface area (Å²) in [6.45, 7) is 4.83. The van der Waals surface area contributed by atoms with Crippen LogP contribution in [0.3, 0.4) is 0 Å². The number of aryl methyl sites for hydroxylation is 2. The van der Waals surface area contributed by atoms with Gasteiger partial charge >= 0.3 is 0 Å². The van der Waals surface area contributed by atoms with Gasteiger partial charge < -0.3 is 5.32 Å². The van der Waals surface area contributed by atoms with Crippen LogP contribution in [0.25, 0.3) is 5.65 Å². The lowest BCUT2D eigenvalue weighted by Crippen LogP contribution is -2.20. The Morgan fingerprint density at radius 1 is 1.30 bits per heavy atom. The van der Waals surface area contributed by atoms with Crippen molar-refractivity contribution in [2.24, 2.45) is 7.05 Å². The minimum Gasteiger partial charge on any atom is -0.303 e. The molecule has 0 aromatic carbocycles. The fraction of sp³-hybridized carbons (Fsp3) is 0.357. The first-order chi connectivity index (χ1) is 9.65. The van der Waals surface area contributed by atoms with E-state index >= 15 is 0 Å². The van der Waals surface area contributed by atoms with Gasteiger partial charge in [-0.3, -0.25) is 9.08 Å². The van der Waals surface area contributed by atoms with Gasteiger partial charge in [-0.25, -0.2) is 0 Å². The summed E-state index contributed by atoms with van der Waals surface area (Å²) in [4.78, 5) is 0. The molecule has 0 radical (unpaired) electrons. The standard InChI is InChI=1S/C14H18N6/c1-10(12-9-19(3)18-11(12)2)15-8-14-17-16-13-6-4-5-7-20(13)14/h4-7,9-10,15H,8H2,1-3H3. The number of nitrogens with one attached hydrogen (secondary N) is 1. The molecule has 0 spiro atoms. The fourth-order valence-corrected chi connectivity index (χ4v) is 2.41. The molecule has 0 amide bonds. The van der Waals surface area contributed by atoms with Gasteiger partial charge in [0.05, 0.1) is 12.2 Å². The van der Waals surface area contributed by atoms with E-state index in [1.165, 1.54) is 5.56 Å². The van der Waals surface area contributed by atoms with Crippen LogP contribution in [0.4, 0.5) is 0 Å². The van der Waals surface area contributed by atoms with E-state index < -0.39 is 0 Å². The molecule has 3 aromatic heterocycles. The molecule has 0 saturated heterocycles. The summed E-state index contributed by atoms with van der Waals surface area (Å²) in [5.41, 5.74) is 3.13. The van der Waals surface area contributed by atoms with Crippen molar-refractivity contribution in [2.45, 2.75) is 26.4 Å². The second-order valence-electron chi connectivity index (χ2n) is 4.99. The SMILES string of the molecule is Cc1nn(C)cc1C(C)NCc1nnc2ccccn12. The summed E-state index contributed by atoms with van der Waals surface area (Å²) in [5.74, 6) is 0.911. The molecule has 1 N–H and O–H groups in total. The predicted octanol–water partition coefficient (Wildman–Crippen LogP) is 1.62. The average molecular weight is 270 g/mol. The Kier molecular flexibility index (Phi) is 3.23. The van der Waals surface area contributed by atoms with E-state index in [1.807, 2.05) is 47.4 Å². The molecule has 104 valence electrons. The Morgan fingerprint density at radius 3 is 2.90 bits per heavy atom. The van der Waals surface area contributed by atoms with Crippen molar-refractivity contribution < 1.29 is 0 Å². The number of hydrogen-bond donors (Lipinski definition) is 1. The molecule has 0 aliphatic rings. The Morgan fingerprint density at radius 2 is 2.15 bits per heavy atom. The van der Waals surface area contributed by atoms with Crippen LogP contribution in [0.1, 0.15) is 30.0 Å². The van der Waals surface area contributed by atoms with E-state index in [0.29, 0.717) is 6.54 Å². The molecule has 1 unspecified atom stereocenters. The molecule has 0 fully saturated rings. The average Bonchev–Trinajstić information content (AvgIpc) is 2.99. The second kappa shape index (κ2) is 5.05. The largest absolute Gasteiger partial charge is 0.303 e. The molecule has 0 aliphatic carbocycles. The van der Waals surface area contributed by atoms with Gasteiger partial charge in [-0.05, 0) is 26.0 Å². The summed E-state index contributed by atoms with van der Waals surface area (Å²) in [6, 6.07) is 6.11. The normalized spacial score (nSPS) is 12.9. The molecule has 1 atom stereocenters. The van der Waals surface area contributed by atoms with Gasteiger partial charge in [0, 0.05) is 31.0 Å². The maximum atomic E-state index is 4.37. The van der Waals surface area contributed by atoms with E-state index in [1.54, 1.807) is 0 Å². The quantitative estimate of drug-likeness (QED) is 0.782. The first-order valence-corrected chi connectivity index (χ1v) is 6.67. The van der Waals surface area contributed by atoms with Crippen molar-refractivity contribution in [3.05, 3.63) is 47.7 Å². The van der Waals surface area contributed by atoms with Gasteiger partial charge in [-0.15, -0.1) is 10.2 Å². The van der Waals surface area contributed by atoms with Gasteiger partial charge in [0.15, 0.2) is 11.5 Å². The number of nitrogens with zero attached hydrogens (tertiary/aromatic N) is 5. The monoisotopic (exact) mass is 270 g/mol. The van der Waals surface area contributed by atoms with Crippen LogP contribution in [0, 0.1) is 6.92 Å². The number of aromatic nitrogens is 5. The number of fused-ring (bicyclic) bond motifs is 1. The highest BCUT2D eigenvalue weighted by Crippen LogP contribution is 2.16. The third-order valence-corrected chi connectivity index (χ3v) is 3.47. The van der Waals surface area contributed by atoms with E-state index in [2.05, 4.69) is 33.7 Å². The molecule has 3 aromatic rings. The topological polar surface area (TPSA) is 60.0 Å². The van der Waals surface area contributed by atoms with Crippen LogP contribution >= 0.6 is 0 Å². The molecule has 0 aliphatic heterocycles. The summed E-state index contributed by atoms with van der Waals surface area (Å²) in [6.07, 6.45) is 4.03. The van der Waals surface area contributed by atoms with E-state index in [9.17, 15) is 0 Å². The van der Waals surface area contributed by atoms with Crippen molar-refractivity contribution in [1.29, 1.82) is 0 Å². The number of rotatable bonds is 4. The fourth-order valence-electron chi connectivity index (χ4n) is 2.41. The number of hydrogen-bond acceptors (Lipinski definition) is 4.